The topological polar surface area (TPSA) is 55.6 Å². The largest absolute Gasteiger partial charge is 0.489 e. The van der Waals surface area contributed by atoms with Crippen molar-refractivity contribution in [3.05, 3.63) is 114 Å². The van der Waals surface area contributed by atoms with Crippen LogP contribution in [0.2, 0.25) is 20.1 Å². The Balaban J connectivity index is 1.33. The van der Waals surface area contributed by atoms with Gasteiger partial charge in [-0.15, -0.1) is 0 Å². The lowest BCUT2D eigenvalue weighted by atomic mass is 10.2. The zero-order valence-corrected chi connectivity index (χ0v) is 24.6. The van der Waals surface area contributed by atoms with Crippen LogP contribution < -0.4 is 10.1 Å². The lowest BCUT2D eigenvalue weighted by molar-refractivity contribution is -0.115. The first-order chi connectivity index (χ1) is 18.7. The van der Waals surface area contributed by atoms with E-state index in [1.165, 1.54) is 11.8 Å². The number of aromatic nitrogens is 1. The molecule has 198 valence electrons. The van der Waals surface area contributed by atoms with Crippen LogP contribution in [0, 0.1) is 13.8 Å². The molecule has 0 atom stereocenters. The van der Waals surface area contributed by atoms with Crippen molar-refractivity contribution in [1.82, 2.24) is 9.88 Å². The number of halogens is 4. The summed E-state index contributed by atoms with van der Waals surface area (Å²) in [7, 11) is 0. The van der Waals surface area contributed by atoms with Gasteiger partial charge in [0.2, 0.25) is 0 Å². The third-order valence-corrected chi connectivity index (χ3v) is 8.37. The van der Waals surface area contributed by atoms with E-state index < -0.39 is 0 Å². The highest BCUT2D eigenvalue weighted by molar-refractivity contribution is 8.18. The van der Waals surface area contributed by atoms with Crippen molar-refractivity contribution in [1.29, 1.82) is 0 Å². The average Bonchev–Trinajstić information content (AvgIpc) is 3.39. The summed E-state index contributed by atoms with van der Waals surface area (Å²) in [4.78, 5) is 17.7. The number of amidine groups is 1. The number of hydrogen-bond acceptors (Lipinski definition) is 4. The van der Waals surface area contributed by atoms with Gasteiger partial charge < -0.3 is 14.6 Å². The predicted octanol–water partition coefficient (Wildman–Crippen LogP) is 9.18. The molecule has 0 radical (unpaired) electrons. The van der Waals surface area contributed by atoms with E-state index >= 15 is 0 Å². The van der Waals surface area contributed by atoms with Gasteiger partial charge in [-0.2, -0.15) is 0 Å². The van der Waals surface area contributed by atoms with Gasteiger partial charge in [0.15, 0.2) is 5.17 Å². The Hall–Kier alpha value is -2.87. The number of ether oxygens (including phenoxy) is 1. The van der Waals surface area contributed by atoms with E-state index in [-0.39, 0.29) is 5.91 Å². The number of nitrogens with one attached hydrogen (secondary N) is 1. The minimum atomic E-state index is -0.219. The van der Waals surface area contributed by atoms with Crippen molar-refractivity contribution in [3.8, 4) is 11.4 Å². The predicted molar refractivity (Wildman–Crippen MR) is 163 cm³/mol. The monoisotopic (exact) mass is 615 g/mol. The number of nitrogens with zero attached hydrogens (tertiary/aromatic N) is 2. The molecule has 4 aromatic rings. The molecule has 1 aliphatic rings. The molecule has 0 aliphatic carbocycles. The van der Waals surface area contributed by atoms with Crippen LogP contribution >= 0.6 is 58.2 Å². The van der Waals surface area contributed by atoms with Crippen LogP contribution in [0.4, 0.5) is 5.69 Å². The van der Waals surface area contributed by atoms with Crippen LogP contribution in [0.1, 0.15) is 22.5 Å². The minimum Gasteiger partial charge on any atom is -0.489 e. The molecule has 0 bridgehead atoms. The van der Waals surface area contributed by atoms with Crippen LogP contribution in [-0.4, -0.2) is 15.6 Å². The van der Waals surface area contributed by atoms with Crippen LogP contribution in [0.15, 0.2) is 76.6 Å². The molecule has 39 heavy (non-hydrogen) atoms. The van der Waals surface area contributed by atoms with E-state index in [1.54, 1.807) is 30.3 Å². The van der Waals surface area contributed by atoms with Crippen molar-refractivity contribution < 1.29 is 9.53 Å². The molecule has 10 heteroatoms. The van der Waals surface area contributed by atoms with Crippen molar-refractivity contribution >= 4 is 81.0 Å². The zero-order valence-electron chi connectivity index (χ0n) is 20.8. The Morgan fingerprint density at radius 1 is 0.974 bits per heavy atom. The molecule has 3 aromatic carbocycles. The normalized spacial score (nSPS) is 15.3. The number of aryl methyl sites for hydroxylation is 1. The second kappa shape index (κ2) is 11.7. The molecule has 1 aromatic heterocycles. The molecule has 5 rings (SSSR count). The van der Waals surface area contributed by atoms with Crippen LogP contribution in [0.5, 0.6) is 5.75 Å². The SMILES string of the molecule is Cc1cc(/C=C2/SC(=Nc3cccc(Cl)c3Cl)NC2=O)c(C)n1-c1ccc(OCc2ccc(Cl)cc2Cl)cc1. The summed E-state index contributed by atoms with van der Waals surface area (Å²) in [5.74, 6) is 0.504. The number of thioether (sulfide) groups is 1. The second-order valence-electron chi connectivity index (χ2n) is 8.73. The maximum atomic E-state index is 12.7. The van der Waals surface area contributed by atoms with Gasteiger partial charge >= 0.3 is 0 Å². The highest BCUT2D eigenvalue weighted by Crippen LogP contribution is 2.35. The van der Waals surface area contributed by atoms with Crippen LogP contribution in [0.3, 0.4) is 0 Å². The van der Waals surface area contributed by atoms with Gasteiger partial charge in [0.25, 0.3) is 5.91 Å². The summed E-state index contributed by atoms with van der Waals surface area (Å²) in [6, 6.07) is 20.4. The molecule has 1 aliphatic heterocycles. The van der Waals surface area contributed by atoms with Crippen molar-refractivity contribution in [2.45, 2.75) is 20.5 Å². The Kier molecular flexibility index (Phi) is 8.31. The van der Waals surface area contributed by atoms with Gasteiger partial charge in [-0.05, 0) is 91.8 Å². The lowest BCUT2D eigenvalue weighted by Crippen LogP contribution is -2.19. The summed E-state index contributed by atoms with van der Waals surface area (Å²) < 4.78 is 8.05. The lowest BCUT2D eigenvalue weighted by Gasteiger charge is -2.12. The Morgan fingerprint density at radius 2 is 1.74 bits per heavy atom. The fourth-order valence-corrected chi connectivity index (χ4v) is 5.76. The first-order valence-electron chi connectivity index (χ1n) is 11.8. The molecule has 0 unspecified atom stereocenters. The van der Waals surface area contributed by atoms with E-state index in [0.717, 1.165) is 34.0 Å². The number of carbonyl (C=O) groups excluding carboxylic acids is 1. The van der Waals surface area contributed by atoms with Gasteiger partial charge in [0.05, 0.1) is 20.6 Å². The second-order valence-corrected chi connectivity index (χ2v) is 11.4. The summed E-state index contributed by atoms with van der Waals surface area (Å²) in [6.45, 7) is 4.38. The molecular formula is C29H21Cl4N3O2S. The molecule has 0 saturated carbocycles. The minimum absolute atomic E-state index is 0.219. The van der Waals surface area contributed by atoms with Crippen LogP contribution in [-0.2, 0) is 11.4 Å². The Bertz CT molecular complexity index is 1650. The first kappa shape index (κ1) is 27.7. The smallest absolute Gasteiger partial charge is 0.264 e. The third kappa shape index (κ3) is 6.16. The Labute approximate surface area is 250 Å². The van der Waals surface area contributed by atoms with Crippen molar-refractivity contribution in [3.63, 3.8) is 0 Å². The van der Waals surface area contributed by atoms with E-state index in [2.05, 4.69) is 14.9 Å². The molecule has 1 fully saturated rings. The molecule has 2 heterocycles. The van der Waals surface area contributed by atoms with Crippen LogP contribution in [0.25, 0.3) is 11.8 Å². The molecule has 1 saturated heterocycles. The van der Waals surface area contributed by atoms with Gasteiger partial charge in [-0.1, -0.05) is 58.5 Å². The fourth-order valence-electron chi connectivity index (χ4n) is 4.13. The summed E-state index contributed by atoms with van der Waals surface area (Å²) in [5, 5.41) is 5.14. The molecule has 5 nitrogen and oxygen atoms in total. The van der Waals surface area contributed by atoms with Gasteiger partial charge in [0.1, 0.15) is 12.4 Å². The van der Waals surface area contributed by atoms with Gasteiger partial charge in [0, 0.05) is 32.7 Å². The van der Waals surface area contributed by atoms with E-state index in [9.17, 15) is 4.79 Å². The van der Waals surface area contributed by atoms with E-state index in [0.29, 0.717) is 42.5 Å². The van der Waals surface area contributed by atoms with Crippen molar-refractivity contribution in [2.75, 3.05) is 0 Å². The highest BCUT2D eigenvalue weighted by atomic mass is 35.5. The van der Waals surface area contributed by atoms with Gasteiger partial charge in [-0.3, -0.25) is 4.79 Å². The number of benzene rings is 3. The number of aliphatic imine (C=N–C) groups is 1. The van der Waals surface area contributed by atoms with Gasteiger partial charge in [-0.25, -0.2) is 4.99 Å². The highest BCUT2D eigenvalue weighted by Gasteiger charge is 2.25. The molecule has 0 spiro atoms. The zero-order chi connectivity index (χ0) is 27.7. The number of carbonyl (C=O) groups is 1. The number of amides is 1. The maximum Gasteiger partial charge on any atom is 0.264 e. The summed E-state index contributed by atoms with van der Waals surface area (Å²) in [6.07, 6.45) is 1.87. The quantitative estimate of drug-likeness (QED) is 0.220. The summed E-state index contributed by atoms with van der Waals surface area (Å²) >= 11 is 25.8. The number of rotatable bonds is 6. The maximum absolute atomic E-state index is 12.7. The standard InChI is InChI=1S/C29H21Cl4N3O2S/c1-16-12-19(13-26-28(37)35-29(39-26)34-25-5-3-4-23(31)27(25)33)17(2)36(16)21-8-10-22(11-9-21)38-15-18-6-7-20(30)14-24(18)32/h3-14H,15H2,1-2H3,(H,34,35,37)/b26-13+. The average molecular weight is 617 g/mol. The Morgan fingerprint density at radius 3 is 2.49 bits per heavy atom. The fraction of sp³-hybridized carbons (Fsp3) is 0.103. The van der Waals surface area contributed by atoms with E-state index in [4.69, 9.17) is 51.1 Å². The molecular weight excluding hydrogens is 596 g/mol. The number of hydrogen-bond donors (Lipinski definition) is 1. The third-order valence-electron chi connectivity index (χ3n) is 6.07. The first-order valence-corrected chi connectivity index (χ1v) is 14.1. The molecule has 1 N–H and O–H groups in total. The van der Waals surface area contributed by atoms with Crippen molar-refractivity contribution in [2.24, 2.45) is 4.99 Å². The summed E-state index contributed by atoms with van der Waals surface area (Å²) in [5.41, 5.74) is 5.30. The molecule has 1 amide bonds. The van der Waals surface area contributed by atoms with E-state index in [1.807, 2.05) is 56.3 Å².